The Labute approximate surface area is 142 Å². The van der Waals surface area contributed by atoms with E-state index in [-0.39, 0.29) is 24.5 Å². The zero-order valence-corrected chi connectivity index (χ0v) is 14.5. The zero-order valence-electron chi connectivity index (χ0n) is 13.7. The van der Waals surface area contributed by atoms with E-state index in [0.29, 0.717) is 19.0 Å². The Morgan fingerprint density at radius 1 is 1.30 bits per heavy atom. The average molecular weight is 338 g/mol. The maximum atomic E-state index is 12.8. The Bertz CT molecular complexity index is 634. The van der Waals surface area contributed by atoms with E-state index in [0.717, 1.165) is 29.6 Å². The number of aliphatic imine (C=N–C) groups is 1. The van der Waals surface area contributed by atoms with Crippen molar-refractivity contribution < 1.29 is 4.79 Å². The number of hydrogen-bond acceptors (Lipinski definition) is 3. The lowest BCUT2D eigenvalue weighted by atomic mass is 10.1. The van der Waals surface area contributed by atoms with Gasteiger partial charge in [0.2, 0.25) is 0 Å². The number of amidine groups is 1. The zero-order chi connectivity index (χ0) is 15.3. The summed E-state index contributed by atoms with van der Waals surface area (Å²) >= 11 is 0. The van der Waals surface area contributed by atoms with Gasteiger partial charge in [0.05, 0.1) is 12.6 Å². The third-order valence-corrected chi connectivity index (χ3v) is 4.88. The van der Waals surface area contributed by atoms with Crippen molar-refractivity contribution in [2.24, 2.45) is 4.99 Å². The van der Waals surface area contributed by atoms with Gasteiger partial charge in [-0.05, 0) is 26.2 Å². The van der Waals surface area contributed by atoms with Gasteiger partial charge >= 0.3 is 6.03 Å². The van der Waals surface area contributed by atoms with Crippen molar-refractivity contribution in [3.63, 3.8) is 0 Å². The van der Waals surface area contributed by atoms with Crippen LogP contribution in [0.25, 0.3) is 0 Å². The second-order valence-corrected chi connectivity index (χ2v) is 6.65. The maximum absolute atomic E-state index is 12.8. The fourth-order valence-corrected chi connectivity index (χ4v) is 3.83. The van der Waals surface area contributed by atoms with Crippen LogP contribution in [0.4, 0.5) is 10.6 Å². The summed E-state index contributed by atoms with van der Waals surface area (Å²) < 4.78 is 0. The number of carbonyl (C=O) groups excluding carboxylic acids is 1. The van der Waals surface area contributed by atoms with Gasteiger partial charge in [-0.15, -0.1) is 12.4 Å². The quantitative estimate of drug-likeness (QED) is 0.919. The molecule has 3 aliphatic rings. The van der Waals surface area contributed by atoms with E-state index in [1.807, 2.05) is 4.90 Å². The number of aromatic nitrogens is 2. The highest BCUT2D eigenvalue weighted by molar-refractivity contribution is 6.18. The van der Waals surface area contributed by atoms with Crippen LogP contribution in [0.15, 0.2) is 4.99 Å². The fourth-order valence-electron chi connectivity index (χ4n) is 3.83. The van der Waals surface area contributed by atoms with Crippen LogP contribution in [0.3, 0.4) is 0 Å². The normalized spacial score (nSPS) is 23.7. The molecule has 1 aliphatic carbocycles. The summed E-state index contributed by atoms with van der Waals surface area (Å²) in [5.74, 6) is 3.13. The first kappa shape index (κ1) is 16.3. The highest BCUT2D eigenvalue weighted by atomic mass is 35.5. The number of rotatable bonds is 3. The van der Waals surface area contributed by atoms with Crippen LogP contribution in [-0.4, -0.2) is 45.9 Å². The predicted molar refractivity (Wildman–Crippen MR) is 92.8 cm³/mol. The van der Waals surface area contributed by atoms with Crippen LogP contribution in [-0.2, 0) is 0 Å². The van der Waals surface area contributed by atoms with E-state index in [1.165, 1.54) is 25.7 Å². The molecule has 126 valence electrons. The molecule has 3 heterocycles. The van der Waals surface area contributed by atoms with Crippen molar-refractivity contribution in [1.29, 1.82) is 0 Å². The molecule has 1 saturated carbocycles. The number of amides is 2. The molecule has 1 atom stereocenters. The summed E-state index contributed by atoms with van der Waals surface area (Å²) in [7, 11) is 0. The lowest BCUT2D eigenvalue weighted by Gasteiger charge is -2.32. The second-order valence-electron chi connectivity index (χ2n) is 6.65. The third kappa shape index (κ3) is 2.53. The first-order valence-corrected chi connectivity index (χ1v) is 8.46. The van der Waals surface area contributed by atoms with Gasteiger partial charge in [-0.2, -0.15) is 0 Å². The van der Waals surface area contributed by atoms with Gasteiger partial charge in [-0.25, -0.2) is 9.78 Å². The van der Waals surface area contributed by atoms with Crippen molar-refractivity contribution in [2.45, 2.75) is 57.9 Å². The van der Waals surface area contributed by atoms with E-state index in [9.17, 15) is 4.79 Å². The van der Waals surface area contributed by atoms with Gasteiger partial charge in [-0.1, -0.05) is 19.8 Å². The van der Waals surface area contributed by atoms with Crippen LogP contribution in [0, 0.1) is 0 Å². The number of fused-ring (bicyclic) bond motifs is 3. The van der Waals surface area contributed by atoms with E-state index < -0.39 is 0 Å². The number of anilines is 1. The molecule has 1 aromatic heterocycles. The van der Waals surface area contributed by atoms with Crippen molar-refractivity contribution in [2.75, 3.05) is 18.0 Å². The highest BCUT2D eigenvalue weighted by Crippen LogP contribution is 2.37. The Morgan fingerprint density at radius 2 is 2.04 bits per heavy atom. The minimum Gasteiger partial charge on any atom is -0.337 e. The number of hydrogen-bond donors (Lipinski definition) is 1. The molecule has 1 aromatic rings. The number of urea groups is 1. The van der Waals surface area contributed by atoms with Gasteiger partial charge in [0, 0.05) is 12.5 Å². The largest absolute Gasteiger partial charge is 0.337 e. The second kappa shape index (κ2) is 6.15. The van der Waals surface area contributed by atoms with Crippen molar-refractivity contribution in [3.8, 4) is 0 Å². The number of carbonyl (C=O) groups is 1. The monoisotopic (exact) mass is 337 g/mol. The van der Waals surface area contributed by atoms with Gasteiger partial charge in [0.1, 0.15) is 11.5 Å². The molecular weight excluding hydrogens is 314 g/mol. The molecule has 0 aromatic carbocycles. The molecule has 0 radical (unpaired) electrons. The van der Waals surface area contributed by atoms with Crippen molar-refractivity contribution in [3.05, 3.63) is 11.5 Å². The number of aromatic amines is 1. The summed E-state index contributed by atoms with van der Waals surface area (Å²) in [6.07, 6.45) is 5.86. The van der Waals surface area contributed by atoms with Gasteiger partial charge < -0.3 is 4.98 Å². The average Bonchev–Trinajstić information content (AvgIpc) is 3.20. The number of nitrogens with zero attached hydrogens (tertiary/aromatic N) is 4. The highest BCUT2D eigenvalue weighted by Gasteiger charge is 2.41. The SMILES string of the molecule is CCCN1C(=O)N2C[C@@H](C)N=C2c2[nH]c(C3CCCC3)nc21.Cl. The summed E-state index contributed by atoms with van der Waals surface area (Å²) in [6.45, 7) is 5.52. The van der Waals surface area contributed by atoms with E-state index in [4.69, 9.17) is 4.98 Å². The van der Waals surface area contributed by atoms with Gasteiger partial charge in [0.15, 0.2) is 11.7 Å². The molecule has 4 rings (SSSR count). The van der Waals surface area contributed by atoms with Crippen molar-refractivity contribution in [1.82, 2.24) is 14.9 Å². The number of imidazole rings is 1. The van der Waals surface area contributed by atoms with Crippen LogP contribution < -0.4 is 4.90 Å². The minimum absolute atomic E-state index is 0. The van der Waals surface area contributed by atoms with Crippen LogP contribution >= 0.6 is 12.4 Å². The first-order valence-electron chi connectivity index (χ1n) is 8.46. The van der Waals surface area contributed by atoms with Crippen LogP contribution in [0.5, 0.6) is 0 Å². The van der Waals surface area contributed by atoms with Crippen LogP contribution in [0.2, 0.25) is 0 Å². The lowest BCUT2D eigenvalue weighted by molar-refractivity contribution is 0.227. The molecule has 0 bridgehead atoms. The molecule has 7 heteroatoms. The smallest absolute Gasteiger partial charge is 0.331 e. The molecule has 23 heavy (non-hydrogen) atoms. The molecule has 6 nitrogen and oxygen atoms in total. The third-order valence-electron chi connectivity index (χ3n) is 4.88. The summed E-state index contributed by atoms with van der Waals surface area (Å²) in [6, 6.07) is 0.188. The van der Waals surface area contributed by atoms with Gasteiger partial charge in [0.25, 0.3) is 0 Å². The Morgan fingerprint density at radius 3 is 2.74 bits per heavy atom. The summed E-state index contributed by atoms with van der Waals surface area (Å²) in [5.41, 5.74) is 0.944. The molecular formula is C16H24ClN5O. The van der Waals surface area contributed by atoms with E-state index in [1.54, 1.807) is 4.90 Å². The summed E-state index contributed by atoms with van der Waals surface area (Å²) in [4.78, 5) is 29.3. The fraction of sp³-hybridized carbons (Fsp3) is 0.688. The first-order chi connectivity index (χ1) is 10.7. The molecule has 0 saturated heterocycles. The number of nitrogens with one attached hydrogen (secondary N) is 1. The molecule has 0 spiro atoms. The van der Waals surface area contributed by atoms with Gasteiger partial charge in [-0.3, -0.25) is 14.8 Å². The minimum atomic E-state index is 0. The van der Waals surface area contributed by atoms with E-state index >= 15 is 0 Å². The van der Waals surface area contributed by atoms with Crippen LogP contribution in [0.1, 0.15) is 63.4 Å². The topological polar surface area (TPSA) is 64.6 Å². The Hall–Kier alpha value is -1.56. The molecule has 2 aliphatic heterocycles. The molecule has 1 fully saturated rings. The number of H-pyrrole nitrogens is 1. The molecule has 0 unspecified atom stereocenters. The Kier molecular flexibility index (Phi) is 4.36. The summed E-state index contributed by atoms with van der Waals surface area (Å²) in [5, 5.41) is 0. The number of halogens is 1. The van der Waals surface area contributed by atoms with E-state index in [2.05, 4.69) is 23.8 Å². The molecule has 2 amide bonds. The standard InChI is InChI=1S/C16H23N5O.ClH/c1-3-8-20-15-12(14-17-10(2)9-21(14)16(20)22)18-13(19-15)11-6-4-5-7-11;/h10-11H,3-9H2,1-2H3,(H,18,19);1H/t10-;/m1./s1. The maximum Gasteiger partial charge on any atom is 0.331 e. The predicted octanol–water partition coefficient (Wildman–Crippen LogP) is 3.29. The molecule has 1 N–H and O–H groups in total. The Balaban J connectivity index is 0.00000156. The lowest BCUT2D eigenvalue weighted by Crippen LogP contribution is -2.50. The van der Waals surface area contributed by atoms with Crippen molar-refractivity contribution >= 4 is 30.1 Å².